The van der Waals surface area contributed by atoms with E-state index in [0.717, 1.165) is 0 Å². The molecule has 1 atom stereocenters. The topological polar surface area (TPSA) is 116 Å². The Balaban J connectivity index is 2.12. The van der Waals surface area contributed by atoms with Crippen molar-refractivity contribution >= 4 is 28.7 Å². The quantitative estimate of drug-likeness (QED) is 0.414. The average molecular weight is 397 g/mol. The molecule has 0 bridgehead atoms. The highest BCUT2D eigenvalue weighted by Gasteiger charge is 2.32. The Kier molecular flexibility index (Phi) is 10.1. The van der Waals surface area contributed by atoms with E-state index in [2.05, 4.69) is 10.6 Å². The number of carbonyl (C=O) groups excluding carboxylic acids is 3. The van der Waals surface area contributed by atoms with Crippen molar-refractivity contribution in [3.8, 4) is 0 Å². The Bertz CT molecular complexity index is 622. The van der Waals surface area contributed by atoms with E-state index in [0.29, 0.717) is 24.3 Å². The van der Waals surface area contributed by atoms with Gasteiger partial charge in [-0.15, -0.1) is 0 Å². The van der Waals surface area contributed by atoms with Gasteiger partial charge in [0.05, 0.1) is 6.61 Å². The maximum Gasteiger partial charge on any atom is 0.249 e. The van der Waals surface area contributed by atoms with Crippen LogP contribution < -0.4 is 10.6 Å². The van der Waals surface area contributed by atoms with Crippen LogP contribution >= 0.6 is 11.8 Å². The standard InChI is InChI=1S/C19H28N2O5S/c1-19(2,13-22)16(24)17(25)21-11-9-15(23)20-10-6-12-27-18(26)14-7-4-3-5-8-14/h3-5,7-8,16,22,24H,6,9-13H2,1-2H3,(H,20,23)(H,21,25)/t16-/m1/s1. The number of rotatable bonds is 11. The van der Waals surface area contributed by atoms with Crippen LogP contribution in [0.15, 0.2) is 30.3 Å². The molecule has 0 aliphatic heterocycles. The number of thioether (sulfide) groups is 1. The minimum Gasteiger partial charge on any atom is -0.396 e. The summed E-state index contributed by atoms with van der Waals surface area (Å²) in [6.07, 6.45) is -0.594. The summed E-state index contributed by atoms with van der Waals surface area (Å²) in [5.74, 6) is -0.226. The molecular formula is C19H28N2O5S. The van der Waals surface area contributed by atoms with Crippen molar-refractivity contribution in [1.29, 1.82) is 0 Å². The largest absolute Gasteiger partial charge is 0.396 e. The molecule has 0 unspecified atom stereocenters. The number of benzene rings is 1. The van der Waals surface area contributed by atoms with Crippen LogP contribution in [-0.2, 0) is 9.59 Å². The summed E-state index contributed by atoms with van der Waals surface area (Å²) in [6.45, 7) is 3.37. The minimum atomic E-state index is -1.34. The third kappa shape index (κ3) is 8.55. The van der Waals surface area contributed by atoms with E-state index in [1.54, 1.807) is 26.0 Å². The van der Waals surface area contributed by atoms with Crippen LogP contribution in [-0.4, -0.2) is 58.7 Å². The molecule has 8 heteroatoms. The van der Waals surface area contributed by atoms with Crippen LogP contribution in [0.3, 0.4) is 0 Å². The molecule has 4 N–H and O–H groups in total. The Morgan fingerprint density at radius 3 is 2.41 bits per heavy atom. The van der Waals surface area contributed by atoms with E-state index >= 15 is 0 Å². The van der Waals surface area contributed by atoms with Gasteiger partial charge in [-0.05, 0) is 6.42 Å². The van der Waals surface area contributed by atoms with Gasteiger partial charge in [0.15, 0.2) is 0 Å². The van der Waals surface area contributed by atoms with Crippen LogP contribution in [0, 0.1) is 5.41 Å². The predicted molar refractivity (Wildman–Crippen MR) is 105 cm³/mol. The number of hydrogen-bond donors (Lipinski definition) is 4. The fourth-order valence-corrected chi connectivity index (χ4v) is 2.82. The molecule has 0 fully saturated rings. The van der Waals surface area contributed by atoms with E-state index in [9.17, 15) is 19.5 Å². The molecule has 0 saturated carbocycles. The van der Waals surface area contributed by atoms with Crippen molar-refractivity contribution in [2.75, 3.05) is 25.4 Å². The second-order valence-corrected chi connectivity index (χ2v) is 7.86. The average Bonchev–Trinajstić information content (AvgIpc) is 2.67. The Hall–Kier alpha value is -1.90. The highest BCUT2D eigenvalue weighted by atomic mass is 32.2. The molecule has 0 aliphatic rings. The third-order valence-electron chi connectivity index (χ3n) is 3.93. The lowest BCUT2D eigenvalue weighted by molar-refractivity contribution is -0.137. The molecule has 1 aromatic rings. The number of aliphatic hydroxyl groups excluding tert-OH is 2. The van der Waals surface area contributed by atoms with Crippen molar-refractivity contribution in [3.63, 3.8) is 0 Å². The summed E-state index contributed by atoms with van der Waals surface area (Å²) >= 11 is 1.22. The first kappa shape index (κ1) is 23.1. The molecule has 0 radical (unpaired) electrons. The summed E-state index contributed by atoms with van der Waals surface area (Å²) in [7, 11) is 0. The lowest BCUT2D eigenvalue weighted by Gasteiger charge is -2.27. The normalized spacial score (nSPS) is 12.3. The third-order valence-corrected chi connectivity index (χ3v) is 4.92. The van der Waals surface area contributed by atoms with Crippen molar-refractivity contribution in [3.05, 3.63) is 35.9 Å². The van der Waals surface area contributed by atoms with Gasteiger partial charge in [-0.25, -0.2) is 0 Å². The maximum absolute atomic E-state index is 11.9. The predicted octanol–water partition coefficient (Wildman–Crippen LogP) is 0.952. The van der Waals surface area contributed by atoms with Crippen molar-refractivity contribution in [2.24, 2.45) is 5.41 Å². The fourth-order valence-electron chi connectivity index (χ4n) is 2.05. The number of carbonyl (C=O) groups is 3. The highest BCUT2D eigenvalue weighted by molar-refractivity contribution is 8.14. The molecule has 0 spiro atoms. The summed E-state index contributed by atoms with van der Waals surface area (Å²) in [6, 6.07) is 9.02. The van der Waals surface area contributed by atoms with Crippen LogP contribution in [0.4, 0.5) is 0 Å². The first-order valence-electron chi connectivity index (χ1n) is 8.83. The molecule has 1 aromatic carbocycles. The lowest BCUT2D eigenvalue weighted by atomic mass is 9.87. The van der Waals surface area contributed by atoms with Crippen LogP contribution in [0.5, 0.6) is 0 Å². The molecule has 7 nitrogen and oxygen atoms in total. The SMILES string of the molecule is CC(C)(CO)[C@H](O)C(=O)NCCC(=O)NCCCSC(=O)c1ccccc1. The fraction of sp³-hybridized carbons (Fsp3) is 0.526. The zero-order valence-corrected chi connectivity index (χ0v) is 16.6. The van der Waals surface area contributed by atoms with Gasteiger partial charge in [0.2, 0.25) is 16.9 Å². The van der Waals surface area contributed by atoms with E-state index in [-0.39, 0.29) is 30.6 Å². The summed E-state index contributed by atoms with van der Waals surface area (Å²) in [5, 5.41) is 24.2. The number of amides is 2. The van der Waals surface area contributed by atoms with Gasteiger partial charge in [-0.3, -0.25) is 14.4 Å². The van der Waals surface area contributed by atoms with Crippen molar-refractivity contribution < 1.29 is 24.6 Å². The number of nitrogens with one attached hydrogen (secondary N) is 2. The van der Waals surface area contributed by atoms with Crippen LogP contribution in [0.1, 0.15) is 37.0 Å². The molecule has 1 rings (SSSR count). The van der Waals surface area contributed by atoms with Gasteiger partial charge in [-0.1, -0.05) is 55.9 Å². The van der Waals surface area contributed by atoms with E-state index in [1.165, 1.54) is 11.8 Å². The second-order valence-electron chi connectivity index (χ2n) is 6.80. The second kappa shape index (κ2) is 11.7. The molecule has 0 saturated heterocycles. The Morgan fingerprint density at radius 2 is 1.78 bits per heavy atom. The molecule has 2 amide bonds. The zero-order valence-electron chi connectivity index (χ0n) is 15.7. The summed E-state index contributed by atoms with van der Waals surface area (Å²) in [4.78, 5) is 35.4. The van der Waals surface area contributed by atoms with E-state index < -0.39 is 17.4 Å². The van der Waals surface area contributed by atoms with Gasteiger partial charge in [0.1, 0.15) is 6.10 Å². The summed E-state index contributed by atoms with van der Waals surface area (Å²) < 4.78 is 0. The Labute approximate surface area is 163 Å². The zero-order chi connectivity index (χ0) is 20.3. The maximum atomic E-state index is 11.9. The van der Waals surface area contributed by atoms with Gasteiger partial charge >= 0.3 is 0 Å². The van der Waals surface area contributed by atoms with E-state index in [1.807, 2.05) is 18.2 Å². The van der Waals surface area contributed by atoms with Crippen LogP contribution in [0.25, 0.3) is 0 Å². The molecule has 0 heterocycles. The smallest absolute Gasteiger partial charge is 0.249 e. The highest BCUT2D eigenvalue weighted by Crippen LogP contribution is 2.19. The molecule has 0 aromatic heterocycles. The van der Waals surface area contributed by atoms with Gasteiger partial charge in [-0.2, -0.15) is 0 Å². The molecule has 0 aliphatic carbocycles. The van der Waals surface area contributed by atoms with Gasteiger partial charge in [0, 0.05) is 36.2 Å². The van der Waals surface area contributed by atoms with Gasteiger partial charge in [0.25, 0.3) is 0 Å². The van der Waals surface area contributed by atoms with Crippen molar-refractivity contribution in [1.82, 2.24) is 10.6 Å². The number of aliphatic hydroxyl groups is 2. The molecular weight excluding hydrogens is 368 g/mol. The van der Waals surface area contributed by atoms with Crippen LogP contribution in [0.2, 0.25) is 0 Å². The Morgan fingerprint density at radius 1 is 1.11 bits per heavy atom. The van der Waals surface area contributed by atoms with E-state index in [4.69, 9.17) is 5.11 Å². The molecule has 150 valence electrons. The first-order chi connectivity index (χ1) is 12.8. The monoisotopic (exact) mass is 396 g/mol. The minimum absolute atomic E-state index is 0.00833. The number of hydrogen-bond acceptors (Lipinski definition) is 6. The first-order valence-corrected chi connectivity index (χ1v) is 9.82. The molecule has 27 heavy (non-hydrogen) atoms. The summed E-state index contributed by atoms with van der Waals surface area (Å²) in [5.41, 5.74) is -0.282. The van der Waals surface area contributed by atoms with Gasteiger partial charge < -0.3 is 20.8 Å². The lowest BCUT2D eigenvalue weighted by Crippen LogP contribution is -2.46. The van der Waals surface area contributed by atoms with Crippen molar-refractivity contribution in [2.45, 2.75) is 32.8 Å².